The van der Waals surface area contributed by atoms with E-state index in [0.717, 1.165) is 6.07 Å². The summed E-state index contributed by atoms with van der Waals surface area (Å²) < 4.78 is 41.2. The maximum Gasteiger partial charge on any atom is 0.418 e. The fourth-order valence-corrected chi connectivity index (χ4v) is 1.31. The second kappa shape index (κ2) is 4.28. The van der Waals surface area contributed by atoms with Crippen molar-refractivity contribution in [3.05, 3.63) is 28.8 Å². The zero-order valence-electron chi connectivity index (χ0n) is 7.68. The van der Waals surface area contributed by atoms with Crippen molar-refractivity contribution in [2.75, 3.05) is 7.11 Å². The lowest BCUT2D eigenvalue weighted by molar-refractivity contribution is -0.206. The highest BCUT2D eigenvalue weighted by Gasteiger charge is 2.40. The van der Waals surface area contributed by atoms with Crippen molar-refractivity contribution in [1.29, 1.82) is 0 Å². The Kier molecular flexibility index (Phi) is 3.46. The van der Waals surface area contributed by atoms with E-state index >= 15 is 0 Å². The minimum absolute atomic E-state index is 0.181. The van der Waals surface area contributed by atoms with E-state index in [-0.39, 0.29) is 10.6 Å². The van der Waals surface area contributed by atoms with Gasteiger partial charge in [0.15, 0.2) is 6.10 Å². The number of hydrogen-bond donors (Lipinski definition) is 1. The zero-order chi connectivity index (χ0) is 11.6. The Bertz CT molecular complexity index is 352. The number of hydrogen-bond acceptors (Lipinski definition) is 2. The Morgan fingerprint density at radius 2 is 2.00 bits per heavy atom. The van der Waals surface area contributed by atoms with Gasteiger partial charge in [0.05, 0.1) is 12.1 Å². The fraction of sp³-hybridized carbons (Fsp3) is 0.333. The molecule has 0 aliphatic heterocycles. The molecule has 1 aromatic carbocycles. The standard InChI is InChI=1S/C9H8ClF3O2/c1-15-5-2-3-6(7(10)4-5)8(14)9(11,12)13/h2-4,8,14H,1H3. The molecule has 1 unspecified atom stereocenters. The molecule has 0 radical (unpaired) electrons. The van der Waals surface area contributed by atoms with Gasteiger partial charge in [0.2, 0.25) is 0 Å². The predicted octanol–water partition coefficient (Wildman–Crippen LogP) is 2.94. The molecule has 0 spiro atoms. The van der Waals surface area contributed by atoms with Gasteiger partial charge in [0.1, 0.15) is 5.75 Å². The van der Waals surface area contributed by atoms with E-state index in [0.29, 0.717) is 5.75 Å². The Morgan fingerprint density at radius 3 is 2.40 bits per heavy atom. The Hall–Kier alpha value is -0.940. The van der Waals surface area contributed by atoms with E-state index in [9.17, 15) is 13.2 Å². The largest absolute Gasteiger partial charge is 0.497 e. The summed E-state index contributed by atoms with van der Waals surface area (Å²) >= 11 is 5.57. The molecule has 1 atom stereocenters. The predicted molar refractivity (Wildman–Crippen MR) is 49.0 cm³/mol. The normalized spacial score (nSPS) is 13.7. The molecule has 15 heavy (non-hydrogen) atoms. The fourth-order valence-electron chi connectivity index (χ4n) is 1.03. The third kappa shape index (κ3) is 2.76. The number of alkyl halides is 3. The first-order valence-corrected chi connectivity index (χ1v) is 4.32. The molecule has 0 aliphatic carbocycles. The van der Waals surface area contributed by atoms with Crippen molar-refractivity contribution in [3.8, 4) is 5.75 Å². The summed E-state index contributed by atoms with van der Waals surface area (Å²) in [7, 11) is 1.37. The van der Waals surface area contributed by atoms with Gasteiger partial charge in [-0.3, -0.25) is 0 Å². The molecule has 0 saturated heterocycles. The van der Waals surface area contributed by atoms with Gasteiger partial charge in [0.25, 0.3) is 0 Å². The number of methoxy groups -OCH3 is 1. The van der Waals surface area contributed by atoms with Crippen molar-refractivity contribution in [3.63, 3.8) is 0 Å². The van der Waals surface area contributed by atoms with Crippen LogP contribution in [0.2, 0.25) is 5.02 Å². The minimum atomic E-state index is -4.72. The van der Waals surface area contributed by atoms with Crippen LogP contribution >= 0.6 is 11.6 Å². The number of ether oxygens (including phenoxy) is 1. The maximum absolute atomic E-state index is 12.2. The van der Waals surface area contributed by atoms with Crippen molar-refractivity contribution in [2.45, 2.75) is 12.3 Å². The number of rotatable bonds is 2. The van der Waals surface area contributed by atoms with E-state index in [1.54, 1.807) is 0 Å². The highest BCUT2D eigenvalue weighted by atomic mass is 35.5. The summed E-state index contributed by atoms with van der Waals surface area (Å²) in [5.74, 6) is 0.332. The monoisotopic (exact) mass is 240 g/mol. The second-order valence-corrected chi connectivity index (χ2v) is 3.24. The number of halogens is 4. The van der Waals surface area contributed by atoms with Crippen molar-refractivity contribution in [2.24, 2.45) is 0 Å². The van der Waals surface area contributed by atoms with Gasteiger partial charge >= 0.3 is 6.18 Å². The molecule has 0 saturated carbocycles. The first-order valence-electron chi connectivity index (χ1n) is 3.94. The molecule has 2 nitrogen and oxygen atoms in total. The van der Waals surface area contributed by atoms with Gasteiger partial charge in [-0.2, -0.15) is 13.2 Å². The van der Waals surface area contributed by atoms with Crippen molar-refractivity contribution >= 4 is 11.6 Å². The molecule has 0 fully saturated rings. The van der Waals surface area contributed by atoms with Crippen LogP contribution in [-0.4, -0.2) is 18.4 Å². The van der Waals surface area contributed by atoms with Crippen LogP contribution in [0.15, 0.2) is 18.2 Å². The lowest BCUT2D eigenvalue weighted by atomic mass is 10.1. The van der Waals surface area contributed by atoms with E-state index in [1.165, 1.54) is 19.2 Å². The summed E-state index contributed by atoms with van der Waals surface area (Å²) in [6, 6.07) is 3.60. The molecule has 84 valence electrons. The zero-order valence-corrected chi connectivity index (χ0v) is 8.43. The van der Waals surface area contributed by atoms with Crippen LogP contribution in [0.5, 0.6) is 5.75 Å². The summed E-state index contributed by atoms with van der Waals surface area (Å²) in [6.07, 6.45) is -7.30. The average Bonchev–Trinajstić information content (AvgIpc) is 2.15. The van der Waals surface area contributed by atoms with Crippen LogP contribution in [0.25, 0.3) is 0 Å². The minimum Gasteiger partial charge on any atom is -0.497 e. The van der Waals surface area contributed by atoms with Gasteiger partial charge in [-0.1, -0.05) is 17.7 Å². The lowest BCUT2D eigenvalue weighted by Crippen LogP contribution is -2.20. The molecule has 0 bridgehead atoms. The first kappa shape index (κ1) is 12.1. The summed E-state index contributed by atoms with van der Waals surface area (Å²) in [5.41, 5.74) is -0.384. The third-order valence-corrected chi connectivity index (χ3v) is 2.14. The van der Waals surface area contributed by atoms with Gasteiger partial charge in [-0.05, 0) is 12.1 Å². The third-order valence-electron chi connectivity index (χ3n) is 1.81. The van der Waals surface area contributed by atoms with Crippen LogP contribution in [0.1, 0.15) is 11.7 Å². The first-order chi connectivity index (χ1) is 6.86. The smallest absolute Gasteiger partial charge is 0.418 e. The Morgan fingerprint density at radius 1 is 1.40 bits per heavy atom. The van der Waals surface area contributed by atoms with E-state index in [2.05, 4.69) is 0 Å². The van der Waals surface area contributed by atoms with Crippen LogP contribution in [0.4, 0.5) is 13.2 Å². The van der Waals surface area contributed by atoms with E-state index < -0.39 is 12.3 Å². The summed E-state index contributed by atoms with van der Waals surface area (Å²) in [6.45, 7) is 0. The number of benzene rings is 1. The van der Waals surface area contributed by atoms with Crippen molar-refractivity contribution in [1.82, 2.24) is 0 Å². The van der Waals surface area contributed by atoms with Gasteiger partial charge in [0, 0.05) is 5.56 Å². The van der Waals surface area contributed by atoms with E-state index in [4.69, 9.17) is 21.4 Å². The van der Waals surface area contributed by atoms with Gasteiger partial charge < -0.3 is 9.84 Å². The highest BCUT2D eigenvalue weighted by molar-refractivity contribution is 6.31. The Balaban J connectivity index is 3.06. The van der Waals surface area contributed by atoms with Crippen LogP contribution in [0.3, 0.4) is 0 Å². The second-order valence-electron chi connectivity index (χ2n) is 2.83. The quantitative estimate of drug-likeness (QED) is 0.861. The number of aliphatic hydroxyl groups is 1. The SMILES string of the molecule is COc1ccc(C(O)C(F)(F)F)c(Cl)c1. The lowest BCUT2D eigenvalue weighted by Gasteiger charge is -2.16. The average molecular weight is 241 g/mol. The Labute approximate surface area is 89.2 Å². The molecule has 0 amide bonds. The molecule has 1 rings (SSSR count). The number of aliphatic hydroxyl groups excluding tert-OH is 1. The molecule has 0 aromatic heterocycles. The van der Waals surface area contributed by atoms with Crippen LogP contribution < -0.4 is 4.74 Å². The van der Waals surface area contributed by atoms with Crippen LogP contribution in [0, 0.1) is 0 Å². The van der Waals surface area contributed by atoms with Crippen LogP contribution in [-0.2, 0) is 0 Å². The highest BCUT2D eigenvalue weighted by Crippen LogP contribution is 2.37. The molecule has 0 aliphatic rings. The molecule has 6 heteroatoms. The maximum atomic E-state index is 12.2. The summed E-state index contributed by atoms with van der Waals surface area (Å²) in [4.78, 5) is 0. The van der Waals surface area contributed by atoms with Crippen molar-refractivity contribution < 1.29 is 23.0 Å². The van der Waals surface area contributed by atoms with Gasteiger partial charge in [-0.15, -0.1) is 0 Å². The molecular formula is C9H8ClF3O2. The molecular weight excluding hydrogens is 233 g/mol. The van der Waals surface area contributed by atoms with E-state index in [1.807, 2.05) is 0 Å². The molecule has 0 heterocycles. The van der Waals surface area contributed by atoms with Gasteiger partial charge in [-0.25, -0.2) is 0 Å². The topological polar surface area (TPSA) is 29.5 Å². The molecule has 1 N–H and O–H groups in total. The molecule has 1 aromatic rings. The summed E-state index contributed by atoms with van der Waals surface area (Å²) in [5, 5.41) is 8.77.